The number of nitrogens with zero attached hydrogens (tertiary/aromatic N) is 1. The monoisotopic (exact) mass is 254 g/mol. The van der Waals surface area contributed by atoms with E-state index in [-0.39, 0.29) is 0 Å². The lowest BCUT2D eigenvalue weighted by atomic mass is 9.79. The molecule has 0 radical (unpaired) electrons. The summed E-state index contributed by atoms with van der Waals surface area (Å²) in [6.07, 6.45) is 6.67. The summed E-state index contributed by atoms with van der Waals surface area (Å²) in [4.78, 5) is 2.56. The molecule has 18 heavy (non-hydrogen) atoms. The normalized spacial score (nSPS) is 37.3. The Labute approximate surface area is 112 Å². The quantitative estimate of drug-likeness (QED) is 0.786. The Morgan fingerprint density at radius 2 is 2.06 bits per heavy atom. The highest BCUT2D eigenvalue weighted by molar-refractivity contribution is 4.87. The van der Waals surface area contributed by atoms with Crippen LogP contribution in [-0.2, 0) is 0 Å². The van der Waals surface area contributed by atoms with Crippen LogP contribution in [0.3, 0.4) is 0 Å². The van der Waals surface area contributed by atoms with Crippen LogP contribution in [0.1, 0.15) is 46.0 Å². The van der Waals surface area contributed by atoms with Crippen molar-refractivity contribution in [3.63, 3.8) is 0 Å². The molecule has 0 aromatic rings. The van der Waals surface area contributed by atoms with Gasteiger partial charge in [-0.25, -0.2) is 0 Å². The summed E-state index contributed by atoms with van der Waals surface area (Å²) in [7, 11) is 0. The smallest absolute Gasteiger partial charge is 0.0558 e. The molecule has 4 unspecified atom stereocenters. The minimum Gasteiger partial charge on any atom is -0.395 e. The van der Waals surface area contributed by atoms with Crippen molar-refractivity contribution in [1.82, 2.24) is 10.2 Å². The summed E-state index contributed by atoms with van der Waals surface area (Å²) in [5.41, 5.74) is 0. The molecule has 2 aliphatic rings. The highest BCUT2D eigenvalue weighted by Gasteiger charge is 2.31. The Morgan fingerprint density at radius 1 is 1.22 bits per heavy atom. The average Bonchev–Trinajstić information content (AvgIpc) is 2.85. The summed E-state index contributed by atoms with van der Waals surface area (Å²) in [6, 6.07) is 1.34. The van der Waals surface area contributed by atoms with Crippen molar-refractivity contribution in [2.45, 2.75) is 58.0 Å². The average molecular weight is 254 g/mol. The van der Waals surface area contributed by atoms with E-state index in [1.807, 2.05) is 0 Å². The van der Waals surface area contributed by atoms with Crippen molar-refractivity contribution in [3.05, 3.63) is 0 Å². The second kappa shape index (κ2) is 6.88. The van der Waals surface area contributed by atoms with Crippen LogP contribution >= 0.6 is 0 Å². The van der Waals surface area contributed by atoms with Gasteiger partial charge in [0.05, 0.1) is 6.61 Å². The predicted molar refractivity (Wildman–Crippen MR) is 75.7 cm³/mol. The fraction of sp³-hybridized carbons (Fsp3) is 1.00. The zero-order valence-electron chi connectivity index (χ0n) is 12.1. The van der Waals surface area contributed by atoms with Gasteiger partial charge in [-0.3, -0.25) is 4.90 Å². The molecule has 4 atom stereocenters. The molecule has 0 amide bonds. The Morgan fingerprint density at radius 3 is 2.72 bits per heavy atom. The first-order valence-electron chi connectivity index (χ1n) is 7.79. The summed E-state index contributed by atoms with van der Waals surface area (Å²) < 4.78 is 0. The lowest BCUT2D eigenvalue weighted by Crippen LogP contribution is -2.49. The van der Waals surface area contributed by atoms with Crippen LogP contribution in [0.25, 0.3) is 0 Å². The molecular weight excluding hydrogens is 224 g/mol. The third kappa shape index (κ3) is 3.69. The van der Waals surface area contributed by atoms with Gasteiger partial charge in [-0.1, -0.05) is 20.3 Å². The summed E-state index contributed by atoms with van der Waals surface area (Å²) in [6.45, 7) is 8.22. The van der Waals surface area contributed by atoms with Crippen molar-refractivity contribution in [2.75, 3.05) is 26.2 Å². The van der Waals surface area contributed by atoms with Crippen molar-refractivity contribution in [1.29, 1.82) is 0 Å². The molecule has 0 aromatic carbocycles. The van der Waals surface area contributed by atoms with Crippen molar-refractivity contribution in [3.8, 4) is 0 Å². The molecule has 3 heteroatoms. The number of aliphatic hydroxyl groups excluding tert-OH is 1. The molecule has 1 aliphatic heterocycles. The fourth-order valence-corrected chi connectivity index (χ4v) is 3.73. The van der Waals surface area contributed by atoms with Gasteiger partial charge in [-0.2, -0.15) is 0 Å². The third-order valence-electron chi connectivity index (χ3n) is 4.89. The molecule has 2 fully saturated rings. The molecule has 3 nitrogen and oxygen atoms in total. The van der Waals surface area contributed by atoms with E-state index in [1.54, 1.807) is 0 Å². The number of rotatable bonds is 5. The first-order chi connectivity index (χ1) is 8.70. The van der Waals surface area contributed by atoms with E-state index in [2.05, 4.69) is 24.1 Å². The number of hydrogen-bond donors (Lipinski definition) is 2. The van der Waals surface area contributed by atoms with Gasteiger partial charge in [-0.05, 0) is 44.1 Å². The Bertz CT molecular complexity index is 241. The molecule has 0 bridgehead atoms. The zero-order chi connectivity index (χ0) is 13.0. The molecule has 2 N–H and O–H groups in total. The first-order valence-corrected chi connectivity index (χ1v) is 7.79. The lowest BCUT2D eigenvalue weighted by Gasteiger charge is -2.41. The molecular formula is C15H30N2O. The maximum Gasteiger partial charge on any atom is 0.0558 e. The molecule has 106 valence electrons. The van der Waals surface area contributed by atoms with E-state index in [4.69, 9.17) is 0 Å². The maximum atomic E-state index is 9.33. The van der Waals surface area contributed by atoms with Gasteiger partial charge < -0.3 is 10.4 Å². The second-order valence-electron chi connectivity index (χ2n) is 6.47. The Hall–Kier alpha value is -0.120. The largest absolute Gasteiger partial charge is 0.395 e. The van der Waals surface area contributed by atoms with Gasteiger partial charge in [0, 0.05) is 25.2 Å². The van der Waals surface area contributed by atoms with Crippen LogP contribution in [0.4, 0.5) is 0 Å². The standard InChI is InChI=1S/C15H30N2O/c1-12-5-6-13(2)15(10-12)17(8-9-18)11-14-4-3-7-16-14/h12-16,18H,3-11H2,1-2H3. The van der Waals surface area contributed by atoms with Gasteiger partial charge in [0.2, 0.25) is 0 Å². The number of aliphatic hydroxyl groups is 1. The molecule has 1 heterocycles. The summed E-state index contributed by atoms with van der Waals surface area (Å²) in [5.74, 6) is 1.64. The van der Waals surface area contributed by atoms with Gasteiger partial charge in [-0.15, -0.1) is 0 Å². The molecule has 2 rings (SSSR count). The summed E-state index contributed by atoms with van der Waals surface area (Å²) in [5, 5.41) is 12.9. The highest BCUT2D eigenvalue weighted by atomic mass is 16.3. The van der Waals surface area contributed by atoms with E-state index < -0.39 is 0 Å². The molecule has 0 spiro atoms. The molecule has 0 aromatic heterocycles. The van der Waals surface area contributed by atoms with E-state index in [9.17, 15) is 5.11 Å². The van der Waals surface area contributed by atoms with Crippen molar-refractivity contribution >= 4 is 0 Å². The van der Waals surface area contributed by atoms with Crippen LogP contribution in [0, 0.1) is 11.8 Å². The Balaban J connectivity index is 1.93. The minimum atomic E-state index is 0.296. The molecule has 1 saturated carbocycles. The SMILES string of the molecule is CC1CCC(C)C(N(CCO)CC2CCCN2)C1. The third-order valence-corrected chi connectivity index (χ3v) is 4.89. The van der Waals surface area contributed by atoms with E-state index >= 15 is 0 Å². The van der Waals surface area contributed by atoms with Gasteiger partial charge in [0.15, 0.2) is 0 Å². The summed E-state index contributed by atoms with van der Waals surface area (Å²) >= 11 is 0. The van der Waals surface area contributed by atoms with Crippen LogP contribution in [0.15, 0.2) is 0 Å². The van der Waals surface area contributed by atoms with E-state index in [0.717, 1.165) is 24.9 Å². The van der Waals surface area contributed by atoms with Crippen LogP contribution in [0.2, 0.25) is 0 Å². The molecule has 1 saturated heterocycles. The second-order valence-corrected chi connectivity index (χ2v) is 6.47. The minimum absolute atomic E-state index is 0.296. The zero-order valence-corrected chi connectivity index (χ0v) is 12.1. The highest BCUT2D eigenvalue weighted by Crippen LogP contribution is 2.32. The molecule has 1 aliphatic carbocycles. The van der Waals surface area contributed by atoms with Crippen molar-refractivity contribution in [2.24, 2.45) is 11.8 Å². The topological polar surface area (TPSA) is 35.5 Å². The van der Waals surface area contributed by atoms with E-state index in [0.29, 0.717) is 18.7 Å². The van der Waals surface area contributed by atoms with Crippen LogP contribution in [0.5, 0.6) is 0 Å². The lowest BCUT2D eigenvalue weighted by molar-refractivity contribution is 0.0669. The predicted octanol–water partition coefficient (Wildman–Crippen LogP) is 1.86. The number of nitrogens with one attached hydrogen (secondary N) is 1. The van der Waals surface area contributed by atoms with Gasteiger partial charge in [0.1, 0.15) is 0 Å². The van der Waals surface area contributed by atoms with Crippen molar-refractivity contribution < 1.29 is 5.11 Å². The number of hydrogen-bond acceptors (Lipinski definition) is 3. The van der Waals surface area contributed by atoms with Crippen LogP contribution in [-0.4, -0.2) is 48.3 Å². The fourth-order valence-electron chi connectivity index (χ4n) is 3.73. The Kier molecular flexibility index (Phi) is 5.46. The van der Waals surface area contributed by atoms with Gasteiger partial charge >= 0.3 is 0 Å². The van der Waals surface area contributed by atoms with E-state index in [1.165, 1.54) is 38.6 Å². The first kappa shape index (κ1) is 14.3. The van der Waals surface area contributed by atoms with Crippen LogP contribution < -0.4 is 5.32 Å². The maximum absolute atomic E-state index is 9.33. The van der Waals surface area contributed by atoms with Gasteiger partial charge in [0.25, 0.3) is 0 Å².